The Kier molecular flexibility index (Phi) is 30.4. The molecule has 0 aliphatic heterocycles. The summed E-state index contributed by atoms with van der Waals surface area (Å²) in [5.41, 5.74) is 7.23. The first kappa shape index (κ1) is 50.9. The number of esters is 1. The summed E-state index contributed by atoms with van der Waals surface area (Å²) in [6, 6.07) is 5.14. The van der Waals surface area contributed by atoms with Crippen LogP contribution >= 0.6 is 0 Å². The maximum atomic E-state index is 13.5. The number of fused-ring (bicyclic) bond motifs is 1. The Bertz CT molecular complexity index is 1410. The van der Waals surface area contributed by atoms with Crippen molar-refractivity contribution in [3.8, 4) is 0 Å². The number of hydrogen-bond donors (Lipinski definition) is 1. The van der Waals surface area contributed by atoms with Gasteiger partial charge in [-0.05, 0) is 43.9 Å². The number of ether oxygens (including phenoxy) is 11. The highest BCUT2D eigenvalue weighted by atomic mass is 16.6. The van der Waals surface area contributed by atoms with Crippen LogP contribution in [0.15, 0.2) is 27.4 Å². The van der Waals surface area contributed by atoms with Crippen LogP contribution in [-0.2, 0) is 68.1 Å². The van der Waals surface area contributed by atoms with Gasteiger partial charge in [0, 0.05) is 50.4 Å². The van der Waals surface area contributed by atoms with Crippen molar-refractivity contribution in [3.05, 3.63) is 39.7 Å². The van der Waals surface area contributed by atoms with Crippen LogP contribution in [0.5, 0.6) is 0 Å². The van der Waals surface area contributed by atoms with E-state index in [1.165, 1.54) is 7.11 Å². The molecular formula is C41H68N2O15. The normalized spacial score (nSPS) is 11.4. The van der Waals surface area contributed by atoms with E-state index in [1.54, 1.807) is 30.2 Å². The summed E-state index contributed by atoms with van der Waals surface area (Å²) in [6.45, 7) is 12.0. The molecule has 1 amide bonds. The van der Waals surface area contributed by atoms with E-state index in [1.807, 2.05) is 6.92 Å². The maximum Gasteiger partial charge on any atom is 0.340 e. The summed E-state index contributed by atoms with van der Waals surface area (Å²) in [5, 5.41) is 0.742. The number of nitrogen functional groups attached to an aromatic ring is 1. The molecule has 0 aliphatic rings. The van der Waals surface area contributed by atoms with Crippen molar-refractivity contribution in [1.82, 2.24) is 4.90 Å². The zero-order valence-corrected chi connectivity index (χ0v) is 35.0. The monoisotopic (exact) mass is 828 g/mol. The van der Waals surface area contributed by atoms with E-state index in [0.717, 1.165) is 11.8 Å². The van der Waals surface area contributed by atoms with Crippen LogP contribution in [0.1, 0.15) is 43.2 Å². The van der Waals surface area contributed by atoms with Gasteiger partial charge in [0.15, 0.2) is 0 Å². The minimum Gasteiger partial charge on any atom is -0.469 e. The fourth-order valence-corrected chi connectivity index (χ4v) is 5.45. The Labute approximate surface area is 342 Å². The third-order valence-electron chi connectivity index (χ3n) is 8.65. The molecule has 0 spiro atoms. The first-order valence-electron chi connectivity index (χ1n) is 20.2. The van der Waals surface area contributed by atoms with Gasteiger partial charge in [0.25, 0.3) is 0 Å². The Morgan fingerprint density at radius 1 is 0.603 bits per heavy atom. The van der Waals surface area contributed by atoms with Gasteiger partial charge in [-0.3, -0.25) is 9.59 Å². The summed E-state index contributed by atoms with van der Waals surface area (Å²) < 4.78 is 64.6. The number of benzene rings is 1. The predicted molar refractivity (Wildman–Crippen MR) is 216 cm³/mol. The fraction of sp³-hybridized carbons (Fsp3) is 0.732. The number of unbranched alkanes of at least 4 members (excludes halogenated alkanes) is 2. The van der Waals surface area contributed by atoms with Gasteiger partial charge >= 0.3 is 11.6 Å². The lowest BCUT2D eigenvalue weighted by Gasteiger charge is -2.23. The second-order valence-electron chi connectivity index (χ2n) is 13.1. The fourth-order valence-electron chi connectivity index (χ4n) is 5.45. The van der Waals surface area contributed by atoms with Gasteiger partial charge in [0.2, 0.25) is 5.91 Å². The topological polar surface area (TPSA) is 195 Å². The molecule has 2 aromatic rings. The molecule has 0 fully saturated rings. The predicted octanol–water partition coefficient (Wildman–Crippen LogP) is 2.97. The van der Waals surface area contributed by atoms with E-state index >= 15 is 0 Å². The Morgan fingerprint density at radius 2 is 1.05 bits per heavy atom. The first-order chi connectivity index (χ1) is 28.4. The Morgan fingerprint density at radius 3 is 1.52 bits per heavy atom. The van der Waals surface area contributed by atoms with Crippen molar-refractivity contribution in [2.75, 3.05) is 159 Å². The quantitative estimate of drug-likeness (QED) is 0.0447. The van der Waals surface area contributed by atoms with Gasteiger partial charge in [-0.15, -0.1) is 0 Å². The van der Waals surface area contributed by atoms with Crippen LogP contribution in [0.4, 0.5) is 5.69 Å². The number of carbonyl (C=O) groups is 2. The highest BCUT2D eigenvalue weighted by molar-refractivity contribution is 5.86. The minimum atomic E-state index is -0.544. The number of carbonyl (C=O) groups excluding carboxylic acids is 2. The van der Waals surface area contributed by atoms with Crippen LogP contribution in [0, 0.1) is 6.92 Å². The van der Waals surface area contributed by atoms with E-state index in [4.69, 9.17) is 62.3 Å². The van der Waals surface area contributed by atoms with Crippen molar-refractivity contribution < 1.29 is 66.1 Å². The molecule has 0 radical (unpaired) electrons. The Hall–Kier alpha value is -3.23. The first-order valence-corrected chi connectivity index (χ1v) is 20.2. The van der Waals surface area contributed by atoms with E-state index in [-0.39, 0.29) is 18.3 Å². The molecule has 0 atom stereocenters. The third kappa shape index (κ3) is 24.6. The smallest absolute Gasteiger partial charge is 0.340 e. The largest absolute Gasteiger partial charge is 0.469 e. The third-order valence-corrected chi connectivity index (χ3v) is 8.65. The second-order valence-corrected chi connectivity index (χ2v) is 13.1. The van der Waals surface area contributed by atoms with Gasteiger partial charge in [0.05, 0.1) is 138 Å². The molecule has 1 aromatic carbocycles. The van der Waals surface area contributed by atoms with Crippen LogP contribution in [0.2, 0.25) is 0 Å². The highest BCUT2D eigenvalue weighted by Gasteiger charge is 2.20. The summed E-state index contributed by atoms with van der Waals surface area (Å²) in [4.78, 5) is 39.5. The van der Waals surface area contributed by atoms with Crippen LogP contribution in [0.25, 0.3) is 11.0 Å². The van der Waals surface area contributed by atoms with Gasteiger partial charge in [-0.1, -0.05) is 6.42 Å². The maximum absolute atomic E-state index is 13.5. The molecule has 0 aliphatic carbocycles. The molecular weight excluding hydrogens is 760 g/mol. The molecule has 2 N–H and O–H groups in total. The molecule has 17 nitrogen and oxygen atoms in total. The summed E-state index contributed by atoms with van der Waals surface area (Å²) in [5.74, 6) is -0.424. The van der Waals surface area contributed by atoms with E-state index < -0.39 is 5.63 Å². The van der Waals surface area contributed by atoms with Crippen molar-refractivity contribution in [2.45, 2.75) is 45.4 Å². The van der Waals surface area contributed by atoms with Crippen molar-refractivity contribution >= 4 is 28.5 Å². The van der Waals surface area contributed by atoms with Crippen LogP contribution < -0.4 is 11.4 Å². The number of nitrogens with two attached hydrogens (primary N) is 1. The second kappa shape index (κ2) is 34.6. The molecule has 332 valence electrons. The molecule has 0 saturated heterocycles. The molecule has 0 bridgehead atoms. The molecule has 58 heavy (non-hydrogen) atoms. The number of rotatable bonds is 39. The number of methoxy groups -OCH3 is 2. The molecule has 0 unspecified atom stereocenters. The lowest BCUT2D eigenvalue weighted by molar-refractivity contribution is -0.140. The van der Waals surface area contributed by atoms with Crippen LogP contribution in [-0.4, -0.2) is 170 Å². The van der Waals surface area contributed by atoms with Gasteiger partial charge in [-0.2, -0.15) is 0 Å². The average molecular weight is 829 g/mol. The summed E-state index contributed by atoms with van der Waals surface area (Å²) in [6.07, 6.45) is 3.02. The van der Waals surface area contributed by atoms with Gasteiger partial charge in [0.1, 0.15) is 5.58 Å². The van der Waals surface area contributed by atoms with Crippen molar-refractivity contribution in [1.29, 1.82) is 0 Å². The SMILES string of the molecule is COCCOCCOCCOCCOCCOCCOCCOCCOCCOCCCN(CCCCCC(=O)OC)C(=O)Cc1c(C)c2ccc(N)cc2oc1=O. The van der Waals surface area contributed by atoms with E-state index in [9.17, 15) is 14.4 Å². The van der Waals surface area contributed by atoms with Crippen molar-refractivity contribution in [3.63, 3.8) is 0 Å². The highest BCUT2D eigenvalue weighted by Crippen LogP contribution is 2.22. The number of nitrogens with zero attached hydrogens (tertiary/aromatic N) is 1. The summed E-state index contributed by atoms with van der Waals surface area (Å²) >= 11 is 0. The summed E-state index contributed by atoms with van der Waals surface area (Å²) in [7, 11) is 3.01. The van der Waals surface area contributed by atoms with E-state index in [0.29, 0.717) is 187 Å². The molecule has 2 rings (SSSR count). The lowest BCUT2D eigenvalue weighted by atomic mass is 10.0. The van der Waals surface area contributed by atoms with Gasteiger partial charge < -0.3 is 67.2 Å². The zero-order valence-electron chi connectivity index (χ0n) is 35.0. The molecule has 1 aromatic heterocycles. The number of amides is 1. The number of anilines is 1. The standard InChI is InChI=1S/C41H68N2O15/c1-34-36-10-9-35(42)32-38(36)58-41(46)37(34)33-39(44)43(11-6-4-5-8-40(45)48-3)12-7-13-49-16-17-51-20-21-53-24-25-55-28-29-57-31-30-56-27-26-54-23-22-52-19-18-50-15-14-47-2/h9-10,32H,4-8,11-31,33,42H2,1-3H3. The Balaban J connectivity index is 1.46. The van der Waals surface area contributed by atoms with Gasteiger partial charge in [-0.25, -0.2) is 4.79 Å². The minimum absolute atomic E-state index is 0.0757. The number of aryl methyl sites for hydroxylation is 1. The number of hydrogen-bond acceptors (Lipinski definition) is 16. The molecule has 17 heteroatoms. The van der Waals surface area contributed by atoms with Crippen molar-refractivity contribution in [2.24, 2.45) is 0 Å². The van der Waals surface area contributed by atoms with E-state index in [2.05, 4.69) is 0 Å². The molecule has 1 heterocycles. The molecule has 0 saturated carbocycles. The van der Waals surface area contributed by atoms with Crippen LogP contribution in [0.3, 0.4) is 0 Å². The average Bonchev–Trinajstić information content (AvgIpc) is 3.21. The zero-order chi connectivity index (χ0) is 41.9. The lowest BCUT2D eigenvalue weighted by Crippen LogP contribution is -2.36.